The summed E-state index contributed by atoms with van der Waals surface area (Å²) in [5.41, 5.74) is 0. The second kappa shape index (κ2) is 18.4. The highest BCUT2D eigenvalue weighted by Gasteiger charge is 2.64. The largest absolute Gasteiger partial charge is 0.463 e. The Morgan fingerprint density at radius 3 is 1.66 bits per heavy atom. The lowest BCUT2D eigenvalue weighted by Gasteiger charge is -2.43. The maximum Gasteiger partial charge on any atom is 0.306 e. The van der Waals surface area contributed by atoms with Crippen LogP contribution in [0.2, 0.25) is 0 Å². The highest BCUT2D eigenvalue weighted by atomic mass is 16.8. The molecular formula is C32H54O15. The van der Waals surface area contributed by atoms with Crippen LogP contribution in [0.4, 0.5) is 0 Å². The molecule has 2 rings (SSSR count). The van der Waals surface area contributed by atoms with Crippen LogP contribution in [0.1, 0.15) is 81.1 Å². The van der Waals surface area contributed by atoms with Crippen molar-refractivity contribution in [1.82, 2.24) is 0 Å². The van der Waals surface area contributed by atoms with E-state index in [1.165, 1.54) is 0 Å². The molecule has 9 unspecified atom stereocenters. The van der Waals surface area contributed by atoms with Crippen molar-refractivity contribution in [2.75, 3.05) is 19.8 Å². The normalized spacial score (nSPS) is 31.0. The monoisotopic (exact) mass is 678 g/mol. The Morgan fingerprint density at radius 1 is 0.660 bits per heavy atom. The van der Waals surface area contributed by atoms with Gasteiger partial charge in [0, 0.05) is 25.7 Å². The summed E-state index contributed by atoms with van der Waals surface area (Å²) in [6.45, 7) is 12.3. The number of rotatable bonds is 17. The van der Waals surface area contributed by atoms with Gasteiger partial charge in [0.05, 0.1) is 6.61 Å². The van der Waals surface area contributed by atoms with Crippen molar-refractivity contribution >= 4 is 23.9 Å². The van der Waals surface area contributed by atoms with Crippen molar-refractivity contribution in [2.24, 2.45) is 23.7 Å². The van der Waals surface area contributed by atoms with E-state index in [4.69, 9.17) is 33.2 Å². The van der Waals surface area contributed by atoms with Crippen molar-refractivity contribution in [2.45, 2.75) is 136 Å². The SMILES string of the molecule is CC(C)CC(=O)OCC1OC(COC(=O)CC(C)C)(OC2OC(CO)C(O)C(O)C2O)C(OC(=O)CC(C)C)C1OC(=O)CC(C)C. The number of ether oxygens (including phenoxy) is 7. The molecule has 0 aliphatic carbocycles. The topological polar surface area (TPSA) is 214 Å². The second-order valence-corrected chi connectivity index (χ2v) is 13.9. The van der Waals surface area contributed by atoms with Crippen LogP contribution in [0, 0.1) is 23.7 Å². The molecule has 0 amide bonds. The summed E-state index contributed by atoms with van der Waals surface area (Å²) in [7, 11) is 0. The molecule has 2 heterocycles. The van der Waals surface area contributed by atoms with Gasteiger partial charge in [0.25, 0.3) is 0 Å². The zero-order valence-electron chi connectivity index (χ0n) is 28.7. The van der Waals surface area contributed by atoms with Crippen LogP contribution in [0.15, 0.2) is 0 Å². The molecule has 2 aliphatic heterocycles. The van der Waals surface area contributed by atoms with Crippen LogP contribution in [0.25, 0.3) is 0 Å². The lowest BCUT2D eigenvalue weighted by atomic mass is 9.98. The number of carbonyl (C=O) groups excluding carboxylic acids is 4. The molecule has 0 bridgehead atoms. The van der Waals surface area contributed by atoms with Gasteiger partial charge in [-0.05, 0) is 23.7 Å². The van der Waals surface area contributed by atoms with E-state index in [0.29, 0.717) is 0 Å². The summed E-state index contributed by atoms with van der Waals surface area (Å²) < 4.78 is 40.6. The molecule has 2 aliphatic rings. The van der Waals surface area contributed by atoms with Gasteiger partial charge in [-0.2, -0.15) is 0 Å². The third-order valence-corrected chi connectivity index (χ3v) is 7.28. The fraction of sp³-hybridized carbons (Fsp3) is 0.875. The molecular weight excluding hydrogens is 624 g/mol. The van der Waals surface area contributed by atoms with E-state index in [0.717, 1.165) is 0 Å². The number of carbonyl (C=O) groups is 4. The van der Waals surface area contributed by atoms with Crippen molar-refractivity contribution in [1.29, 1.82) is 0 Å². The summed E-state index contributed by atoms with van der Waals surface area (Å²) in [6, 6.07) is 0. The third-order valence-electron chi connectivity index (χ3n) is 7.28. The molecule has 47 heavy (non-hydrogen) atoms. The van der Waals surface area contributed by atoms with E-state index in [1.54, 1.807) is 41.5 Å². The van der Waals surface area contributed by atoms with E-state index in [-0.39, 0.29) is 49.4 Å². The average Bonchev–Trinajstić information content (AvgIpc) is 3.20. The summed E-state index contributed by atoms with van der Waals surface area (Å²) >= 11 is 0. The van der Waals surface area contributed by atoms with Crippen molar-refractivity contribution < 1.29 is 72.8 Å². The first-order chi connectivity index (χ1) is 21.9. The highest BCUT2D eigenvalue weighted by molar-refractivity contribution is 5.72. The molecule has 4 N–H and O–H groups in total. The first-order valence-electron chi connectivity index (χ1n) is 16.2. The van der Waals surface area contributed by atoms with Crippen LogP contribution in [0.5, 0.6) is 0 Å². The van der Waals surface area contributed by atoms with Gasteiger partial charge in [0.2, 0.25) is 5.79 Å². The first kappa shape index (κ1) is 40.8. The van der Waals surface area contributed by atoms with Crippen molar-refractivity contribution in [3.63, 3.8) is 0 Å². The van der Waals surface area contributed by atoms with Gasteiger partial charge >= 0.3 is 23.9 Å². The Bertz CT molecular complexity index is 1030. The van der Waals surface area contributed by atoms with E-state index in [2.05, 4.69) is 0 Å². The molecule has 0 saturated carbocycles. The fourth-order valence-electron chi connectivity index (χ4n) is 5.06. The zero-order chi connectivity index (χ0) is 35.6. The molecule has 2 fully saturated rings. The maximum absolute atomic E-state index is 13.2. The van der Waals surface area contributed by atoms with Crippen LogP contribution >= 0.6 is 0 Å². The van der Waals surface area contributed by atoms with E-state index in [9.17, 15) is 39.6 Å². The Balaban J connectivity index is 2.66. The average molecular weight is 679 g/mol. The Hall–Kier alpha value is -2.40. The summed E-state index contributed by atoms with van der Waals surface area (Å²) in [5, 5.41) is 41.4. The van der Waals surface area contributed by atoms with Gasteiger partial charge in [0.1, 0.15) is 43.7 Å². The lowest BCUT2D eigenvalue weighted by Crippen LogP contribution is -2.63. The maximum atomic E-state index is 13.2. The van der Waals surface area contributed by atoms with Gasteiger partial charge in [-0.25, -0.2) is 0 Å². The minimum absolute atomic E-state index is 0.0169. The van der Waals surface area contributed by atoms with Crippen LogP contribution in [-0.2, 0) is 52.3 Å². The van der Waals surface area contributed by atoms with Crippen molar-refractivity contribution in [3.05, 3.63) is 0 Å². The molecule has 2 saturated heterocycles. The van der Waals surface area contributed by atoms with Crippen LogP contribution in [-0.4, -0.2) is 119 Å². The summed E-state index contributed by atoms with van der Waals surface area (Å²) in [5.74, 6) is -5.52. The lowest BCUT2D eigenvalue weighted by molar-refractivity contribution is -0.384. The Kier molecular flexibility index (Phi) is 16.0. The summed E-state index contributed by atoms with van der Waals surface area (Å²) in [6.07, 6.45) is -13.3. The fourth-order valence-corrected chi connectivity index (χ4v) is 5.06. The smallest absolute Gasteiger partial charge is 0.306 e. The van der Waals surface area contributed by atoms with Crippen LogP contribution in [0.3, 0.4) is 0 Å². The predicted octanol–water partition coefficient (Wildman–Crippen LogP) is 0.992. The van der Waals surface area contributed by atoms with Crippen molar-refractivity contribution in [3.8, 4) is 0 Å². The Morgan fingerprint density at radius 2 is 1.15 bits per heavy atom. The zero-order valence-corrected chi connectivity index (χ0v) is 28.7. The van der Waals surface area contributed by atoms with E-state index in [1.807, 2.05) is 13.8 Å². The number of hydrogen-bond donors (Lipinski definition) is 4. The molecule has 272 valence electrons. The second-order valence-electron chi connectivity index (χ2n) is 13.9. The minimum Gasteiger partial charge on any atom is -0.463 e. The van der Waals surface area contributed by atoms with Gasteiger partial charge in [-0.15, -0.1) is 0 Å². The molecule has 0 aromatic rings. The highest BCUT2D eigenvalue weighted by Crippen LogP contribution is 2.41. The molecule has 9 atom stereocenters. The quantitative estimate of drug-likeness (QED) is 0.125. The molecule has 0 aromatic heterocycles. The standard InChI is InChI=1S/C32H54O15/c1-16(2)9-22(34)41-14-21-29(44-24(36)11-18(5)6)30(45-25(37)12-19(7)8)32(46-21,15-42-23(35)10-17(3)4)47-31-28(40)27(39)26(38)20(13-33)43-31/h16-21,26-31,33,38-40H,9-15H2,1-8H3. The molecule has 15 nitrogen and oxygen atoms in total. The van der Waals surface area contributed by atoms with Gasteiger partial charge in [0.15, 0.2) is 18.5 Å². The van der Waals surface area contributed by atoms with Gasteiger partial charge in [-0.3, -0.25) is 19.2 Å². The third kappa shape index (κ3) is 12.2. The number of esters is 4. The number of aliphatic hydroxyl groups excluding tert-OH is 4. The van der Waals surface area contributed by atoms with Gasteiger partial charge in [-0.1, -0.05) is 55.4 Å². The van der Waals surface area contributed by atoms with Crippen LogP contribution < -0.4 is 0 Å². The molecule has 15 heteroatoms. The first-order valence-corrected chi connectivity index (χ1v) is 16.2. The molecule has 0 aromatic carbocycles. The molecule has 0 spiro atoms. The molecule has 0 radical (unpaired) electrons. The Labute approximate surface area is 276 Å². The van der Waals surface area contributed by atoms with E-state index < -0.39 is 98.5 Å². The number of hydrogen-bond acceptors (Lipinski definition) is 15. The predicted molar refractivity (Wildman–Crippen MR) is 162 cm³/mol. The van der Waals surface area contributed by atoms with Gasteiger partial charge < -0.3 is 53.6 Å². The number of aliphatic hydroxyl groups is 4. The summed E-state index contributed by atoms with van der Waals surface area (Å²) in [4.78, 5) is 51.5. The minimum atomic E-state index is -2.37. The van der Waals surface area contributed by atoms with E-state index >= 15 is 0 Å².